The van der Waals surface area contributed by atoms with E-state index in [1.807, 2.05) is 59.3 Å². The molecule has 0 aliphatic carbocycles. The Kier molecular flexibility index (Phi) is 6.69. The van der Waals surface area contributed by atoms with Crippen LogP contribution in [0.4, 0.5) is 5.69 Å². The fourth-order valence-corrected chi connectivity index (χ4v) is 4.32. The lowest BCUT2D eigenvalue weighted by Gasteiger charge is -2.11. The van der Waals surface area contributed by atoms with Gasteiger partial charge >= 0.3 is 0 Å². The Balaban J connectivity index is 1.55. The molecular formula is C23H19BrN4O2S. The summed E-state index contributed by atoms with van der Waals surface area (Å²) in [5.41, 5.74) is 2.39. The topological polar surface area (TPSA) is 69.0 Å². The second-order valence-electron chi connectivity index (χ2n) is 6.59. The number of nitrogens with zero attached hydrogens (tertiary/aromatic N) is 3. The molecule has 1 aromatic heterocycles. The van der Waals surface area contributed by atoms with Gasteiger partial charge in [0, 0.05) is 10.5 Å². The van der Waals surface area contributed by atoms with E-state index in [1.54, 1.807) is 31.4 Å². The molecule has 4 aromatic rings. The molecule has 156 valence electrons. The minimum Gasteiger partial charge on any atom is -0.497 e. The summed E-state index contributed by atoms with van der Waals surface area (Å²) in [6.07, 6.45) is 0. The van der Waals surface area contributed by atoms with Crippen molar-refractivity contribution in [2.24, 2.45) is 0 Å². The van der Waals surface area contributed by atoms with Gasteiger partial charge in [0.1, 0.15) is 5.75 Å². The van der Waals surface area contributed by atoms with Gasteiger partial charge in [0.25, 0.3) is 5.91 Å². The van der Waals surface area contributed by atoms with E-state index in [0.29, 0.717) is 28.3 Å². The van der Waals surface area contributed by atoms with Crippen molar-refractivity contribution in [3.05, 3.63) is 94.7 Å². The Morgan fingerprint density at radius 3 is 2.48 bits per heavy atom. The monoisotopic (exact) mass is 494 g/mol. The molecule has 0 saturated carbocycles. The Morgan fingerprint density at radius 2 is 1.74 bits per heavy atom. The number of methoxy groups -OCH3 is 1. The molecule has 0 spiro atoms. The average molecular weight is 495 g/mol. The molecule has 0 aliphatic rings. The van der Waals surface area contributed by atoms with E-state index in [-0.39, 0.29) is 5.91 Å². The number of benzene rings is 3. The van der Waals surface area contributed by atoms with E-state index in [9.17, 15) is 4.79 Å². The second kappa shape index (κ2) is 9.80. The zero-order chi connectivity index (χ0) is 21.6. The van der Waals surface area contributed by atoms with Crippen LogP contribution < -0.4 is 10.1 Å². The number of carbonyl (C=O) groups excluding carboxylic acids is 1. The fourth-order valence-electron chi connectivity index (χ4n) is 2.93. The molecule has 0 atom stereocenters. The lowest BCUT2D eigenvalue weighted by Crippen LogP contribution is -2.12. The third-order valence-electron chi connectivity index (χ3n) is 4.48. The van der Waals surface area contributed by atoms with Gasteiger partial charge in [-0.15, -0.1) is 5.10 Å². The van der Waals surface area contributed by atoms with Gasteiger partial charge in [-0.2, -0.15) is 4.98 Å². The largest absolute Gasteiger partial charge is 0.497 e. The van der Waals surface area contributed by atoms with E-state index in [1.165, 1.54) is 11.8 Å². The van der Waals surface area contributed by atoms with Crippen LogP contribution in [0, 0.1) is 0 Å². The Labute approximate surface area is 192 Å². The number of carbonyl (C=O) groups is 1. The van der Waals surface area contributed by atoms with Gasteiger partial charge < -0.3 is 10.1 Å². The standard InChI is InChI=1S/C23H19BrN4O2S/c1-30-18-13-11-17(12-14-18)21(29)25-19-9-5-6-10-20(19)31-23-26-22(24)27-28(23)15-16-7-3-2-4-8-16/h2-14H,15H2,1H3,(H,25,29). The molecule has 0 fully saturated rings. The predicted octanol–water partition coefficient (Wildman–Crippen LogP) is 5.50. The van der Waals surface area contributed by atoms with Crippen molar-refractivity contribution in [3.8, 4) is 5.75 Å². The van der Waals surface area contributed by atoms with E-state index in [2.05, 4.69) is 31.3 Å². The zero-order valence-electron chi connectivity index (χ0n) is 16.7. The van der Waals surface area contributed by atoms with Crippen molar-refractivity contribution in [1.82, 2.24) is 14.8 Å². The maximum absolute atomic E-state index is 12.7. The number of anilines is 1. The lowest BCUT2D eigenvalue weighted by atomic mass is 10.2. The van der Waals surface area contributed by atoms with Crippen LogP contribution in [0.15, 0.2) is 93.6 Å². The molecule has 0 radical (unpaired) electrons. The highest BCUT2D eigenvalue weighted by Crippen LogP contribution is 2.33. The van der Waals surface area contributed by atoms with Crippen molar-refractivity contribution in [1.29, 1.82) is 0 Å². The molecule has 1 amide bonds. The maximum atomic E-state index is 12.7. The molecule has 3 aromatic carbocycles. The molecule has 0 aliphatic heterocycles. The maximum Gasteiger partial charge on any atom is 0.255 e. The van der Waals surface area contributed by atoms with Gasteiger partial charge in [-0.3, -0.25) is 4.79 Å². The van der Waals surface area contributed by atoms with Crippen LogP contribution in [0.5, 0.6) is 5.75 Å². The number of para-hydroxylation sites is 1. The summed E-state index contributed by atoms with van der Waals surface area (Å²) in [6, 6.07) is 24.7. The van der Waals surface area contributed by atoms with Gasteiger partial charge in [0.2, 0.25) is 4.73 Å². The molecule has 0 bridgehead atoms. The SMILES string of the molecule is COc1ccc(C(=O)Nc2ccccc2Sc2nc(Br)nn2Cc2ccccc2)cc1. The number of ether oxygens (including phenoxy) is 1. The highest BCUT2D eigenvalue weighted by molar-refractivity contribution is 9.10. The van der Waals surface area contributed by atoms with Crippen LogP contribution in [0.3, 0.4) is 0 Å². The Morgan fingerprint density at radius 1 is 1.03 bits per heavy atom. The number of rotatable bonds is 7. The summed E-state index contributed by atoms with van der Waals surface area (Å²) in [5, 5.41) is 8.17. The molecule has 0 saturated heterocycles. The number of aromatic nitrogens is 3. The van der Waals surface area contributed by atoms with Crippen LogP contribution in [0.25, 0.3) is 0 Å². The molecule has 0 unspecified atom stereocenters. The van der Waals surface area contributed by atoms with Crippen molar-refractivity contribution >= 4 is 39.3 Å². The van der Waals surface area contributed by atoms with Crippen LogP contribution in [0.2, 0.25) is 0 Å². The minimum absolute atomic E-state index is 0.192. The number of hydrogen-bond donors (Lipinski definition) is 1. The molecule has 4 rings (SSSR count). The number of amides is 1. The van der Waals surface area contributed by atoms with Crippen molar-refractivity contribution in [3.63, 3.8) is 0 Å². The summed E-state index contributed by atoms with van der Waals surface area (Å²) >= 11 is 4.82. The first-order valence-electron chi connectivity index (χ1n) is 9.49. The third kappa shape index (κ3) is 5.34. The van der Waals surface area contributed by atoms with E-state index >= 15 is 0 Å². The van der Waals surface area contributed by atoms with Crippen LogP contribution in [-0.2, 0) is 6.54 Å². The third-order valence-corrected chi connectivity index (χ3v) is 5.87. The number of nitrogens with one attached hydrogen (secondary N) is 1. The van der Waals surface area contributed by atoms with E-state index < -0.39 is 0 Å². The highest BCUT2D eigenvalue weighted by Gasteiger charge is 2.15. The van der Waals surface area contributed by atoms with Gasteiger partial charge in [-0.1, -0.05) is 42.5 Å². The van der Waals surface area contributed by atoms with Crippen LogP contribution in [-0.4, -0.2) is 27.8 Å². The molecule has 6 nitrogen and oxygen atoms in total. The summed E-state index contributed by atoms with van der Waals surface area (Å²) < 4.78 is 7.51. The first-order chi connectivity index (χ1) is 15.1. The zero-order valence-corrected chi connectivity index (χ0v) is 19.1. The second-order valence-corrected chi connectivity index (χ2v) is 8.31. The molecule has 1 N–H and O–H groups in total. The minimum atomic E-state index is -0.192. The first kappa shape index (κ1) is 21.1. The van der Waals surface area contributed by atoms with Gasteiger partial charge in [-0.05, 0) is 69.7 Å². The summed E-state index contributed by atoms with van der Waals surface area (Å²) in [7, 11) is 1.59. The molecule has 1 heterocycles. The molecular weight excluding hydrogens is 476 g/mol. The average Bonchev–Trinajstić information content (AvgIpc) is 3.14. The van der Waals surface area contributed by atoms with E-state index in [4.69, 9.17) is 4.74 Å². The fraction of sp³-hybridized carbons (Fsp3) is 0.0870. The summed E-state index contributed by atoms with van der Waals surface area (Å²) in [5.74, 6) is 0.512. The molecule has 31 heavy (non-hydrogen) atoms. The van der Waals surface area contributed by atoms with Crippen LogP contribution in [0.1, 0.15) is 15.9 Å². The van der Waals surface area contributed by atoms with Crippen molar-refractivity contribution < 1.29 is 9.53 Å². The summed E-state index contributed by atoms with van der Waals surface area (Å²) in [6.45, 7) is 0.599. The number of halogens is 1. The summed E-state index contributed by atoms with van der Waals surface area (Å²) in [4.78, 5) is 18.1. The van der Waals surface area contributed by atoms with Crippen molar-refractivity contribution in [2.45, 2.75) is 16.6 Å². The molecule has 8 heteroatoms. The lowest BCUT2D eigenvalue weighted by molar-refractivity contribution is 0.102. The van der Waals surface area contributed by atoms with Crippen LogP contribution >= 0.6 is 27.7 Å². The number of hydrogen-bond acceptors (Lipinski definition) is 5. The quantitative estimate of drug-likeness (QED) is 0.367. The Hall–Kier alpha value is -3.10. The van der Waals surface area contributed by atoms with Gasteiger partial charge in [0.15, 0.2) is 5.16 Å². The Bertz CT molecular complexity index is 1180. The van der Waals surface area contributed by atoms with E-state index in [0.717, 1.165) is 15.6 Å². The van der Waals surface area contributed by atoms with Gasteiger partial charge in [0.05, 0.1) is 19.3 Å². The first-order valence-corrected chi connectivity index (χ1v) is 11.1. The van der Waals surface area contributed by atoms with Gasteiger partial charge in [-0.25, -0.2) is 4.68 Å². The predicted molar refractivity (Wildman–Crippen MR) is 125 cm³/mol. The van der Waals surface area contributed by atoms with Crippen molar-refractivity contribution in [2.75, 3.05) is 12.4 Å². The normalized spacial score (nSPS) is 10.6. The smallest absolute Gasteiger partial charge is 0.255 e. The highest BCUT2D eigenvalue weighted by atomic mass is 79.9.